The Bertz CT molecular complexity index is 861. The summed E-state index contributed by atoms with van der Waals surface area (Å²) in [5.41, 5.74) is 9.04. The van der Waals surface area contributed by atoms with Gasteiger partial charge in [-0.1, -0.05) is 19.8 Å². The molecule has 0 unspecified atom stereocenters. The van der Waals surface area contributed by atoms with Crippen LogP contribution in [0.15, 0.2) is 30.6 Å². The second kappa shape index (κ2) is 5.97. The van der Waals surface area contributed by atoms with Crippen LogP contribution in [0.2, 0.25) is 0 Å². The maximum Gasteiger partial charge on any atom is 0.255 e. The third-order valence-corrected chi connectivity index (χ3v) is 4.02. The molecule has 0 radical (unpaired) electrons. The van der Waals surface area contributed by atoms with Crippen molar-refractivity contribution in [2.45, 2.75) is 20.3 Å². The number of hydrogen-bond acceptors (Lipinski definition) is 4. The number of nitrogen functional groups attached to an aromatic ring is 1. The van der Waals surface area contributed by atoms with E-state index >= 15 is 0 Å². The SMILES string of the molecule is CN1CC(C)(C)Cc2ncc(C#Cc3ncccc3N)cc2C1=O. The van der Waals surface area contributed by atoms with Gasteiger partial charge in [-0.2, -0.15) is 0 Å². The number of nitrogens with two attached hydrogens (primary N) is 1. The Morgan fingerprint density at radius 2 is 2.08 bits per heavy atom. The van der Waals surface area contributed by atoms with E-state index < -0.39 is 0 Å². The first-order valence-corrected chi connectivity index (χ1v) is 7.83. The molecule has 0 aromatic carbocycles. The fourth-order valence-electron chi connectivity index (χ4n) is 2.97. The number of fused-ring (bicyclic) bond motifs is 1. The van der Waals surface area contributed by atoms with Crippen molar-refractivity contribution < 1.29 is 4.79 Å². The minimum absolute atomic E-state index is 0.00172. The summed E-state index contributed by atoms with van der Waals surface area (Å²) in [5.74, 6) is 5.94. The number of carbonyl (C=O) groups excluding carboxylic acids is 1. The van der Waals surface area contributed by atoms with Gasteiger partial charge in [0.15, 0.2) is 0 Å². The molecule has 3 heterocycles. The van der Waals surface area contributed by atoms with Crippen LogP contribution in [0.25, 0.3) is 0 Å². The Hall–Kier alpha value is -2.87. The Kier molecular flexibility index (Phi) is 3.98. The highest BCUT2D eigenvalue weighted by Gasteiger charge is 2.31. The number of anilines is 1. The predicted octanol–water partition coefficient (Wildman–Crippen LogP) is 2.11. The van der Waals surface area contributed by atoms with Crippen molar-refractivity contribution >= 4 is 11.6 Å². The van der Waals surface area contributed by atoms with E-state index in [1.54, 1.807) is 29.4 Å². The third-order valence-electron chi connectivity index (χ3n) is 4.02. The van der Waals surface area contributed by atoms with Crippen LogP contribution in [0, 0.1) is 17.3 Å². The molecule has 0 aliphatic carbocycles. The number of carbonyl (C=O) groups is 1. The first kappa shape index (κ1) is 16.0. The average molecular weight is 320 g/mol. The molecule has 1 amide bonds. The predicted molar refractivity (Wildman–Crippen MR) is 93.3 cm³/mol. The van der Waals surface area contributed by atoms with Crippen LogP contribution in [-0.4, -0.2) is 34.4 Å². The van der Waals surface area contributed by atoms with E-state index in [1.165, 1.54) is 0 Å². The van der Waals surface area contributed by atoms with Gasteiger partial charge in [-0.15, -0.1) is 0 Å². The third kappa shape index (κ3) is 3.23. The van der Waals surface area contributed by atoms with Gasteiger partial charge in [-0.3, -0.25) is 9.78 Å². The zero-order chi connectivity index (χ0) is 17.3. The molecule has 0 fully saturated rings. The minimum Gasteiger partial charge on any atom is -0.396 e. The van der Waals surface area contributed by atoms with Gasteiger partial charge in [0, 0.05) is 31.5 Å². The molecule has 0 saturated carbocycles. The highest BCUT2D eigenvalue weighted by molar-refractivity contribution is 5.96. The topological polar surface area (TPSA) is 72.1 Å². The van der Waals surface area contributed by atoms with Gasteiger partial charge in [-0.25, -0.2) is 4.98 Å². The van der Waals surface area contributed by atoms with Crippen LogP contribution < -0.4 is 5.73 Å². The van der Waals surface area contributed by atoms with E-state index in [0.717, 1.165) is 12.1 Å². The van der Waals surface area contributed by atoms with Crippen molar-refractivity contribution in [3.05, 3.63) is 53.1 Å². The molecule has 5 heteroatoms. The number of aromatic nitrogens is 2. The van der Waals surface area contributed by atoms with Crippen LogP contribution in [-0.2, 0) is 6.42 Å². The molecular formula is C19H20N4O. The molecule has 2 aromatic rings. The van der Waals surface area contributed by atoms with E-state index in [0.29, 0.717) is 29.1 Å². The van der Waals surface area contributed by atoms with Crippen LogP contribution in [0.5, 0.6) is 0 Å². The fourth-order valence-corrected chi connectivity index (χ4v) is 2.97. The number of nitrogens with zero attached hydrogens (tertiary/aromatic N) is 3. The Morgan fingerprint density at radius 3 is 2.83 bits per heavy atom. The molecule has 2 N–H and O–H groups in total. The highest BCUT2D eigenvalue weighted by Crippen LogP contribution is 2.28. The smallest absolute Gasteiger partial charge is 0.255 e. The lowest BCUT2D eigenvalue weighted by atomic mass is 9.87. The monoisotopic (exact) mass is 320 g/mol. The molecule has 122 valence electrons. The van der Waals surface area contributed by atoms with Gasteiger partial charge in [0.25, 0.3) is 5.91 Å². The lowest BCUT2D eigenvalue weighted by molar-refractivity contribution is 0.0754. The van der Waals surface area contributed by atoms with E-state index in [1.807, 2.05) is 13.1 Å². The maximum atomic E-state index is 12.6. The molecule has 1 aliphatic rings. The lowest BCUT2D eigenvalue weighted by Gasteiger charge is -2.26. The first-order valence-electron chi connectivity index (χ1n) is 7.83. The summed E-state index contributed by atoms with van der Waals surface area (Å²) in [6.07, 6.45) is 4.12. The highest BCUT2D eigenvalue weighted by atomic mass is 16.2. The van der Waals surface area contributed by atoms with Crippen molar-refractivity contribution in [3.8, 4) is 11.8 Å². The van der Waals surface area contributed by atoms with Crippen LogP contribution in [0.4, 0.5) is 5.69 Å². The summed E-state index contributed by atoms with van der Waals surface area (Å²) in [7, 11) is 1.83. The fraction of sp³-hybridized carbons (Fsp3) is 0.316. The Morgan fingerprint density at radius 1 is 1.29 bits per heavy atom. The molecular weight excluding hydrogens is 300 g/mol. The number of amides is 1. The van der Waals surface area contributed by atoms with E-state index in [-0.39, 0.29) is 11.3 Å². The number of rotatable bonds is 0. The molecule has 0 atom stereocenters. The van der Waals surface area contributed by atoms with Gasteiger partial charge >= 0.3 is 0 Å². The van der Waals surface area contributed by atoms with Crippen LogP contribution in [0.3, 0.4) is 0 Å². The largest absolute Gasteiger partial charge is 0.396 e. The van der Waals surface area contributed by atoms with Crippen molar-refractivity contribution in [3.63, 3.8) is 0 Å². The maximum absolute atomic E-state index is 12.6. The Balaban J connectivity index is 1.99. The zero-order valence-electron chi connectivity index (χ0n) is 14.1. The molecule has 0 spiro atoms. The summed E-state index contributed by atoms with van der Waals surface area (Å²) in [6.45, 7) is 4.99. The lowest BCUT2D eigenvalue weighted by Crippen LogP contribution is -2.33. The van der Waals surface area contributed by atoms with Gasteiger partial charge in [0.05, 0.1) is 16.9 Å². The summed E-state index contributed by atoms with van der Waals surface area (Å²) in [4.78, 5) is 23.0. The minimum atomic E-state index is -0.0101. The molecule has 2 aromatic heterocycles. The molecule has 24 heavy (non-hydrogen) atoms. The van der Waals surface area contributed by atoms with Crippen molar-refractivity contribution in [2.75, 3.05) is 19.3 Å². The standard InChI is InChI=1S/C19H20N4O/c1-19(2)10-17-14(18(24)23(3)12-19)9-13(11-22-17)6-7-16-15(20)5-4-8-21-16/h4-5,8-9,11H,10,12,20H2,1-3H3. The normalized spacial score (nSPS) is 16.0. The van der Waals surface area contributed by atoms with Gasteiger partial charge < -0.3 is 10.6 Å². The van der Waals surface area contributed by atoms with Gasteiger partial charge in [-0.05, 0) is 36.0 Å². The second-order valence-corrected chi connectivity index (χ2v) is 6.91. The van der Waals surface area contributed by atoms with Gasteiger partial charge in [0.1, 0.15) is 5.69 Å². The quantitative estimate of drug-likeness (QED) is 0.755. The van der Waals surface area contributed by atoms with Crippen molar-refractivity contribution in [2.24, 2.45) is 5.41 Å². The molecule has 1 aliphatic heterocycles. The van der Waals surface area contributed by atoms with Crippen LogP contribution in [0.1, 0.15) is 41.2 Å². The molecule has 0 saturated heterocycles. The van der Waals surface area contributed by atoms with Crippen molar-refractivity contribution in [1.29, 1.82) is 0 Å². The summed E-state index contributed by atoms with van der Waals surface area (Å²) >= 11 is 0. The first-order chi connectivity index (χ1) is 11.4. The summed E-state index contributed by atoms with van der Waals surface area (Å²) < 4.78 is 0. The van der Waals surface area contributed by atoms with Gasteiger partial charge in [0.2, 0.25) is 0 Å². The number of hydrogen-bond donors (Lipinski definition) is 1. The zero-order valence-corrected chi connectivity index (χ0v) is 14.1. The van der Waals surface area contributed by atoms with E-state index in [4.69, 9.17) is 5.73 Å². The summed E-state index contributed by atoms with van der Waals surface area (Å²) in [5, 5.41) is 0. The Labute approximate surface area is 141 Å². The molecule has 0 bridgehead atoms. The second-order valence-electron chi connectivity index (χ2n) is 6.91. The van der Waals surface area contributed by atoms with E-state index in [2.05, 4.69) is 35.7 Å². The van der Waals surface area contributed by atoms with E-state index in [9.17, 15) is 4.79 Å². The summed E-state index contributed by atoms with van der Waals surface area (Å²) in [6, 6.07) is 5.34. The molecule has 5 nitrogen and oxygen atoms in total. The molecule has 3 rings (SSSR count). The van der Waals surface area contributed by atoms with Crippen LogP contribution >= 0.6 is 0 Å². The number of pyridine rings is 2. The average Bonchev–Trinajstić information content (AvgIpc) is 2.61. The van der Waals surface area contributed by atoms with Crippen molar-refractivity contribution in [1.82, 2.24) is 14.9 Å².